The van der Waals surface area contributed by atoms with E-state index in [-0.39, 0.29) is 10.7 Å². The van der Waals surface area contributed by atoms with Gasteiger partial charge in [0.2, 0.25) is 0 Å². The third-order valence-electron chi connectivity index (χ3n) is 3.46. The number of allylic oxidation sites excluding steroid dienone is 1. The van der Waals surface area contributed by atoms with Crippen LogP contribution in [-0.2, 0) is 14.3 Å². The Hall–Kier alpha value is -3.06. The number of hydrogen-bond donors (Lipinski definition) is 1. The van der Waals surface area contributed by atoms with Gasteiger partial charge in [-0.05, 0) is 42.8 Å². The number of halogens is 2. The summed E-state index contributed by atoms with van der Waals surface area (Å²) >= 11 is 5.63. The molecule has 0 aliphatic heterocycles. The zero-order valence-electron chi connectivity index (χ0n) is 15.3. The van der Waals surface area contributed by atoms with Gasteiger partial charge in [0.25, 0.3) is 5.91 Å². The highest BCUT2D eigenvalue weighted by Crippen LogP contribution is 2.28. The van der Waals surface area contributed by atoms with Crippen LogP contribution in [0.3, 0.4) is 0 Å². The Kier molecular flexibility index (Phi) is 7.83. The van der Waals surface area contributed by atoms with E-state index >= 15 is 0 Å². The lowest BCUT2D eigenvalue weighted by Gasteiger charge is -2.11. The van der Waals surface area contributed by atoms with E-state index in [2.05, 4.69) is 5.32 Å². The molecule has 0 radical (unpaired) electrons. The fraction of sp³-hybridized carbons (Fsp3) is 0.200. The minimum Gasteiger partial charge on any atom is -0.493 e. The number of carbonyl (C=O) groups is 2. The van der Waals surface area contributed by atoms with Gasteiger partial charge >= 0.3 is 5.97 Å². The predicted molar refractivity (Wildman–Crippen MR) is 104 cm³/mol. The average molecular weight is 408 g/mol. The number of nitrogens with one attached hydrogen (secondary N) is 1. The van der Waals surface area contributed by atoms with E-state index in [1.807, 2.05) is 25.1 Å². The predicted octanol–water partition coefficient (Wildman–Crippen LogP) is 4.08. The summed E-state index contributed by atoms with van der Waals surface area (Å²) in [6, 6.07) is 8.96. The number of benzene rings is 2. The number of ether oxygens (including phenoxy) is 3. The first-order valence-electron chi connectivity index (χ1n) is 8.27. The van der Waals surface area contributed by atoms with Crippen LogP contribution in [0.1, 0.15) is 12.5 Å². The SMILES string of the molecule is C/C=C/c1ccc(OCC(=O)OCC(=O)Nc2ccc(F)c(Cl)c2)c(OC)c1. The smallest absolute Gasteiger partial charge is 0.344 e. The van der Waals surface area contributed by atoms with Crippen molar-refractivity contribution in [2.45, 2.75) is 6.92 Å². The van der Waals surface area contributed by atoms with Gasteiger partial charge in [0.05, 0.1) is 12.1 Å². The fourth-order valence-electron chi connectivity index (χ4n) is 2.19. The summed E-state index contributed by atoms with van der Waals surface area (Å²) in [5.41, 5.74) is 1.21. The van der Waals surface area contributed by atoms with Gasteiger partial charge in [-0.15, -0.1) is 0 Å². The molecule has 1 N–H and O–H groups in total. The summed E-state index contributed by atoms with van der Waals surface area (Å²) in [6.45, 7) is 0.983. The first kappa shape index (κ1) is 21.2. The van der Waals surface area contributed by atoms with Gasteiger partial charge in [0.15, 0.2) is 24.7 Å². The normalized spacial score (nSPS) is 10.6. The van der Waals surface area contributed by atoms with Gasteiger partial charge in [0.1, 0.15) is 5.82 Å². The van der Waals surface area contributed by atoms with Gasteiger partial charge in [-0.25, -0.2) is 9.18 Å². The number of hydrogen-bond acceptors (Lipinski definition) is 5. The average Bonchev–Trinajstić information content (AvgIpc) is 2.68. The van der Waals surface area contributed by atoms with Gasteiger partial charge < -0.3 is 19.5 Å². The Morgan fingerprint density at radius 2 is 1.93 bits per heavy atom. The molecule has 0 bridgehead atoms. The Labute approximate surface area is 166 Å². The fourth-order valence-corrected chi connectivity index (χ4v) is 2.38. The molecule has 0 unspecified atom stereocenters. The number of methoxy groups -OCH3 is 1. The van der Waals surface area contributed by atoms with Crippen molar-refractivity contribution in [3.63, 3.8) is 0 Å². The standard InChI is InChI=1S/C20H19ClFNO5/c1-3-4-13-5-8-17(18(9-13)26-2)27-12-20(25)28-11-19(24)23-14-6-7-16(22)15(21)10-14/h3-10H,11-12H2,1-2H3,(H,23,24)/b4-3+. The molecule has 0 aliphatic carbocycles. The quantitative estimate of drug-likeness (QED) is 0.667. The minimum atomic E-state index is -0.730. The molecule has 0 atom stereocenters. The van der Waals surface area contributed by atoms with Crippen molar-refractivity contribution in [2.24, 2.45) is 0 Å². The van der Waals surface area contributed by atoms with E-state index in [1.165, 1.54) is 19.2 Å². The topological polar surface area (TPSA) is 73.9 Å². The maximum absolute atomic E-state index is 13.1. The molecule has 0 saturated heterocycles. The molecule has 6 nitrogen and oxygen atoms in total. The Morgan fingerprint density at radius 1 is 1.14 bits per heavy atom. The Balaban J connectivity index is 1.82. The van der Waals surface area contributed by atoms with Crippen LogP contribution in [0.5, 0.6) is 11.5 Å². The summed E-state index contributed by atoms with van der Waals surface area (Å²) in [7, 11) is 1.49. The van der Waals surface area contributed by atoms with Crippen molar-refractivity contribution in [3.05, 3.63) is 58.9 Å². The lowest BCUT2D eigenvalue weighted by Crippen LogP contribution is -2.23. The second kappa shape index (κ2) is 10.3. The van der Waals surface area contributed by atoms with Crippen molar-refractivity contribution in [1.29, 1.82) is 0 Å². The third kappa shape index (κ3) is 6.28. The Morgan fingerprint density at radius 3 is 2.61 bits per heavy atom. The lowest BCUT2D eigenvalue weighted by molar-refractivity contribution is -0.149. The van der Waals surface area contributed by atoms with Crippen molar-refractivity contribution in [1.82, 2.24) is 0 Å². The molecular formula is C20H19ClFNO5. The summed E-state index contributed by atoms with van der Waals surface area (Å²) < 4.78 is 28.6. The number of amides is 1. The maximum atomic E-state index is 13.1. The molecule has 0 aliphatic rings. The second-order valence-electron chi connectivity index (χ2n) is 5.54. The van der Waals surface area contributed by atoms with Crippen molar-refractivity contribution in [3.8, 4) is 11.5 Å². The van der Waals surface area contributed by atoms with Gasteiger partial charge in [-0.2, -0.15) is 0 Å². The van der Waals surface area contributed by atoms with Crippen LogP contribution in [0.15, 0.2) is 42.5 Å². The monoisotopic (exact) mass is 407 g/mol. The van der Waals surface area contributed by atoms with Crippen molar-refractivity contribution >= 4 is 35.2 Å². The van der Waals surface area contributed by atoms with E-state index in [0.717, 1.165) is 11.6 Å². The van der Waals surface area contributed by atoms with Gasteiger partial charge in [0, 0.05) is 5.69 Å². The van der Waals surface area contributed by atoms with E-state index in [4.69, 9.17) is 25.8 Å². The molecule has 28 heavy (non-hydrogen) atoms. The van der Waals surface area contributed by atoms with E-state index in [1.54, 1.807) is 12.1 Å². The zero-order chi connectivity index (χ0) is 20.5. The minimum absolute atomic E-state index is 0.127. The number of anilines is 1. The molecule has 0 heterocycles. The van der Waals surface area contributed by atoms with Crippen LogP contribution in [0.2, 0.25) is 5.02 Å². The zero-order valence-corrected chi connectivity index (χ0v) is 16.1. The number of rotatable bonds is 8. The molecule has 0 fully saturated rings. The molecule has 1 amide bonds. The Bertz CT molecular complexity index is 885. The third-order valence-corrected chi connectivity index (χ3v) is 3.75. The van der Waals surface area contributed by atoms with Crippen LogP contribution in [-0.4, -0.2) is 32.2 Å². The summed E-state index contributed by atoms with van der Waals surface area (Å²) in [4.78, 5) is 23.6. The molecule has 2 aromatic rings. The number of esters is 1. The molecule has 0 spiro atoms. The summed E-state index contributed by atoms with van der Waals surface area (Å²) in [6.07, 6.45) is 3.78. The van der Waals surface area contributed by atoms with Crippen molar-refractivity contribution in [2.75, 3.05) is 25.6 Å². The van der Waals surface area contributed by atoms with Gasteiger partial charge in [-0.3, -0.25) is 4.79 Å². The van der Waals surface area contributed by atoms with Crippen LogP contribution in [0.25, 0.3) is 6.08 Å². The molecule has 2 aromatic carbocycles. The highest BCUT2D eigenvalue weighted by molar-refractivity contribution is 6.31. The first-order chi connectivity index (χ1) is 13.4. The molecule has 0 saturated carbocycles. The van der Waals surface area contributed by atoms with Crippen LogP contribution >= 0.6 is 11.6 Å². The van der Waals surface area contributed by atoms with Crippen LogP contribution < -0.4 is 14.8 Å². The van der Waals surface area contributed by atoms with Crippen LogP contribution in [0, 0.1) is 5.82 Å². The highest BCUT2D eigenvalue weighted by Gasteiger charge is 2.12. The largest absolute Gasteiger partial charge is 0.493 e. The first-order valence-corrected chi connectivity index (χ1v) is 8.64. The molecular weight excluding hydrogens is 389 g/mol. The van der Waals surface area contributed by atoms with Crippen molar-refractivity contribution < 1.29 is 28.2 Å². The van der Waals surface area contributed by atoms with Gasteiger partial charge in [-0.1, -0.05) is 29.8 Å². The summed E-state index contributed by atoms with van der Waals surface area (Å²) in [5, 5.41) is 2.31. The molecule has 148 valence electrons. The molecule has 2 rings (SSSR count). The maximum Gasteiger partial charge on any atom is 0.344 e. The highest BCUT2D eigenvalue weighted by atomic mass is 35.5. The summed E-state index contributed by atoms with van der Waals surface area (Å²) in [5.74, 6) is -1.08. The van der Waals surface area contributed by atoms with E-state index in [0.29, 0.717) is 11.5 Å². The molecule has 8 heteroatoms. The van der Waals surface area contributed by atoms with Crippen LogP contribution in [0.4, 0.5) is 10.1 Å². The number of carbonyl (C=O) groups excluding carboxylic acids is 2. The van der Waals surface area contributed by atoms with E-state index < -0.39 is 30.9 Å². The second-order valence-corrected chi connectivity index (χ2v) is 5.94. The lowest BCUT2D eigenvalue weighted by atomic mass is 10.2. The molecule has 0 aromatic heterocycles. The van der Waals surface area contributed by atoms with E-state index in [9.17, 15) is 14.0 Å².